The number of nitrogens with one attached hydrogen (secondary N) is 1. The molecule has 34 heavy (non-hydrogen) atoms. The summed E-state index contributed by atoms with van der Waals surface area (Å²) in [4.78, 5) is 12.5. The SMILES string of the molecule is COc1ccc(CNC(=O)/C(C#N)=C\c2cc(Cl)c(OCc3ccc(Cl)cc3Cl)c(Br)c2)cc1. The summed E-state index contributed by atoms with van der Waals surface area (Å²) in [6.07, 6.45) is 1.46. The molecule has 3 rings (SSSR count). The van der Waals surface area contributed by atoms with Crippen molar-refractivity contribution < 1.29 is 14.3 Å². The number of hydrogen-bond acceptors (Lipinski definition) is 4. The Bertz CT molecular complexity index is 1250. The third-order valence-electron chi connectivity index (χ3n) is 4.70. The molecule has 3 aromatic carbocycles. The highest BCUT2D eigenvalue weighted by Crippen LogP contribution is 2.36. The van der Waals surface area contributed by atoms with Crippen LogP contribution in [-0.2, 0) is 17.9 Å². The number of methoxy groups -OCH3 is 1. The third-order valence-corrected chi connectivity index (χ3v) is 6.15. The first-order valence-corrected chi connectivity index (χ1v) is 11.8. The largest absolute Gasteiger partial charge is 0.497 e. The number of rotatable bonds is 8. The minimum atomic E-state index is -0.497. The predicted molar refractivity (Wildman–Crippen MR) is 138 cm³/mol. The van der Waals surface area contributed by atoms with Crippen molar-refractivity contribution in [3.8, 4) is 17.6 Å². The fourth-order valence-electron chi connectivity index (χ4n) is 2.93. The maximum atomic E-state index is 12.5. The lowest BCUT2D eigenvalue weighted by Gasteiger charge is -2.12. The van der Waals surface area contributed by atoms with E-state index in [0.29, 0.717) is 30.9 Å². The predicted octanol–water partition coefficient (Wildman–Crippen LogP) is 7.22. The number of hydrogen-bond donors (Lipinski definition) is 1. The molecule has 1 amide bonds. The number of halogens is 4. The molecule has 0 aromatic heterocycles. The molecule has 0 atom stereocenters. The summed E-state index contributed by atoms with van der Waals surface area (Å²) >= 11 is 22.0. The van der Waals surface area contributed by atoms with Gasteiger partial charge in [0.1, 0.15) is 24.0 Å². The van der Waals surface area contributed by atoms with Gasteiger partial charge in [0.05, 0.1) is 16.6 Å². The zero-order chi connectivity index (χ0) is 24.7. The molecule has 0 aliphatic carbocycles. The van der Waals surface area contributed by atoms with E-state index in [1.807, 2.05) is 18.2 Å². The third kappa shape index (κ3) is 6.91. The van der Waals surface area contributed by atoms with Gasteiger partial charge in [-0.05, 0) is 69.5 Å². The number of carbonyl (C=O) groups excluding carboxylic acids is 1. The van der Waals surface area contributed by atoms with E-state index in [1.54, 1.807) is 49.6 Å². The van der Waals surface area contributed by atoms with E-state index in [1.165, 1.54) is 6.08 Å². The lowest BCUT2D eigenvalue weighted by molar-refractivity contribution is -0.117. The van der Waals surface area contributed by atoms with Crippen molar-refractivity contribution in [1.82, 2.24) is 5.32 Å². The zero-order valence-electron chi connectivity index (χ0n) is 17.9. The molecule has 9 heteroatoms. The quantitative estimate of drug-likeness (QED) is 0.226. The summed E-state index contributed by atoms with van der Waals surface area (Å²) in [6, 6.07) is 17.6. The molecule has 0 saturated heterocycles. The highest BCUT2D eigenvalue weighted by atomic mass is 79.9. The molecular formula is C25H18BrCl3N2O3. The minimum Gasteiger partial charge on any atom is -0.497 e. The Morgan fingerprint density at radius 1 is 1.09 bits per heavy atom. The van der Waals surface area contributed by atoms with Crippen LogP contribution in [0.3, 0.4) is 0 Å². The first-order valence-electron chi connectivity index (χ1n) is 9.89. The molecule has 0 aliphatic heterocycles. The number of benzene rings is 3. The Kier molecular flexibility index (Phi) is 9.26. The van der Waals surface area contributed by atoms with E-state index in [-0.39, 0.29) is 18.7 Å². The van der Waals surface area contributed by atoms with E-state index in [2.05, 4.69) is 21.2 Å². The van der Waals surface area contributed by atoms with E-state index in [9.17, 15) is 10.1 Å². The van der Waals surface area contributed by atoms with Crippen molar-refractivity contribution >= 4 is 62.7 Å². The van der Waals surface area contributed by atoms with Gasteiger partial charge in [0, 0.05) is 22.2 Å². The fraction of sp³-hybridized carbons (Fsp3) is 0.120. The Hall–Kier alpha value is -2.69. The summed E-state index contributed by atoms with van der Waals surface area (Å²) in [5.74, 6) is 0.634. The van der Waals surface area contributed by atoms with Gasteiger partial charge in [-0.1, -0.05) is 53.0 Å². The van der Waals surface area contributed by atoms with E-state index in [4.69, 9.17) is 44.3 Å². The maximum Gasteiger partial charge on any atom is 0.262 e. The topological polar surface area (TPSA) is 71.3 Å². The highest BCUT2D eigenvalue weighted by Gasteiger charge is 2.13. The van der Waals surface area contributed by atoms with Crippen LogP contribution >= 0.6 is 50.7 Å². The van der Waals surface area contributed by atoms with Crippen LogP contribution in [0.25, 0.3) is 6.08 Å². The Morgan fingerprint density at radius 2 is 1.82 bits per heavy atom. The molecule has 0 unspecified atom stereocenters. The van der Waals surface area contributed by atoms with E-state index in [0.717, 1.165) is 16.9 Å². The lowest BCUT2D eigenvalue weighted by Crippen LogP contribution is -2.23. The highest BCUT2D eigenvalue weighted by molar-refractivity contribution is 9.10. The normalized spacial score (nSPS) is 11.0. The lowest BCUT2D eigenvalue weighted by atomic mass is 10.1. The van der Waals surface area contributed by atoms with Crippen LogP contribution in [0, 0.1) is 11.3 Å². The molecular weight excluding hydrogens is 563 g/mol. The van der Waals surface area contributed by atoms with Gasteiger partial charge in [0.2, 0.25) is 0 Å². The molecule has 5 nitrogen and oxygen atoms in total. The summed E-state index contributed by atoms with van der Waals surface area (Å²) in [7, 11) is 1.58. The molecule has 0 fully saturated rings. The number of carbonyl (C=O) groups is 1. The number of nitrogens with zero attached hydrogens (tertiary/aromatic N) is 1. The van der Waals surface area contributed by atoms with Crippen LogP contribution in [-0.4, -0.2) is 13.0 Å². The second-order valence-corrected chi connectivity index (χ2v) is 9.14. The second-order valence-electron chi connectivity index (χ2n) is 7.04. The van der Waals surface area contributed by atoms with Gasteiger partial charge >= 0.3 is 0 Å². The smallest absolute Gasteiger partial charge is 0.262 e. The molecule has 0 radical (unpaired) electrons. The maximum absolute atomic E-state index is 12.5. The molecule has 0 spiro atoms. The van der Waals surface area contributed by atoms with Crippen molar-refractivity contribution in [3.05, 3.63) is 96.4 Å². The number of amides is 1. The van der Waals surface area contributed by atoms with Gasteiger partial charge in [-0.2, -0.15) is 5.26 Å². The molecule has 0 saturated carbocycles. The van der Waals surface area contributed by atoms with Crippen molar-refractivity contribution in [3.63, 3.8) is 0 Å². The van der Waals surface area contributed by atoms with Crippen LogP contribution in [0.1, 0.15) is 16.7 Å². The van der Waals surface area contributed by atoms with E-state index < -0.39 is 5.91 Å². The summed E-state index contributed by atoms with van der Waals surface area (Å²) in [6.45, 7) is 0.451. The van der Waals surface area contributed by atoms with Gasteiger partial charge < -0.3 is 14.8 Å². The van der Waals surface area contributed by atoms with Gasteiger partial charge in [0.15, 0.2) is 5.75 Å². The monoisotopic (exact) mass is 578 g/mol. The molecule has 0 bridgehead atoms. The minimum absolute atomic E-state index is 0.0573. The summed E-state index contributed by atoms with van der Waals surface area (Å²) in [5, 5.41) is 13.5. The Balaban J connectivity index is 1.70. The van der Waals surface area contributed by atoms with Crippen molar-refractivity contribution in [2.45, 2.75) is 13.2 Å². The van der Waals surface area contributed by atoms with Gasteiger partial charge in [-0.25, -0.2) is 0 Å². The molecule has 3 aromatic rings. The standard InChI is InChI=1S/C25H18BrCl3N2O3/c1-33-20-6-2-15(3-7-20)13-31-25(32)18(12-30)8-16-9-21(26)24(23(29)10-16)34-14-17-4-5-19(27)11-22(17)28/h2-11H,13-14H2,1H3,(H,31,32)/b18-8-. The van der Waals surface area contributed by atoms with Gasteiger partial charge in [-0.15, -0.1) is 0 Å². The molecule has 0 aliphatic rings. The van der Waals surface area contributed by atoms with Crippen molar-refractivity contribution in [1.29, 1.82) is 5.26 Å². The average molecular weight is 581 g/mol. The molecule has 174 valence electrons. The van der Waals surface area contributed by atoms with Crippen LogP contribution in [0.15, 0.2) is 64.6 Å². The average Bonchev–Trinajstić information content (AvgIpc) is 2.82. The zero-order valence-corrected chi connectivity index (χ0v) is 21.7. The molecule has 1 N–H and O–H groups in total. The van der Waals surface area contributed by atoms with Crippen LogP contribution in [0.4, 0.5) is 0 Å². The molecule has 0 heterocycles. The van der Waals surface area contributed by atoms with Crippen molar-refractivity contribution in [2.75, 3.05) is 7.11 Å². The summed E-state index contributed by atoms with van der Waals surface area (Å²) < 4.78 is 11.5. The second kappa shape index (κ2) is 12.1. The van der Waals surface area contributed by atoms with Gasteiger partial charge in [0.25, 0.3) is 5.91 Å². The van der Waals surface area contributed by atoms with E-state index >= 15 is 0 Å². The van der Waals surface area contributed by atoms with Crippen LogP contribution in [0.5, 0.6) is 11.5 Å². The van der Waals surface area contributed by atoms with Crippen molar-refractivity contribution in [2.24, 2.45) is 0 Å². The number of nitriles is 1. The Morgan fingerprint density at radius 3 is 2.44 bits per heavy atom. The number of ether oxygens (including phenoxy) is 2. The summed E-state index contributed by atoms with van der Waals surface area (Å²) in [5.41, 5.74) is 2.13. The van der Waals surface area contributed by atoms with Gasteiger partial charge in [-0.3, -0.25) is 4.79 Å². The first kappa shape index (κ1) is 25.9. The Labute approximate surface area is 221 Å². The van der Waals surface area contributed by atoms with Crippen LogP contribution < -0.4 is 14.8 Å². The first-order chi connectivity index (χ1) is 16.3. The van der Waals surface area contributed by atoms with Crippen LogP contribution in [0.2, 0.25) is 15.1 Å². The fourth-order valence-corrected chi connectivity index (χ4v) is 4.38.